The SMILES string of the molecule is OC1CC2=CCCN2C1. The normalized spacial score (nSPS) is 32.8. The molecule has 0 saturated carbocycles. The number of rotatable bonds is 0. The molecule has 2 rings (SSSR count). The first kappa shape index (κ1) is 5.30. The largest absolute Gasteiger partial charge is 0.391 e. The second-order valence-corrected chi connectivity index (χ2v) is 2.79. The number of fused-ring (bicyclic) bond motifs is 1. The predicted octanol–water partition coefficient (Wildman–Crippen LogP) is 0.341. The number of hydrogen-bond acceptors (Lipinski definition) is 2. The maximum absolute atomic E-state index is 9.15. The molecule has 2 aliphatic heterocycles. The lowest BCUT2D eigenvalue weighted by Gasteiger charge is -2.11. The number of nitrogens with zero attached hydrogens (tertiary/aromatic N) is 1. The molecule has 1 N–H and O–H groups in total. The zero-order valence-corrected chi connectivity index (χ0v) is 5.38. The van der Waals surface area contributed by atoms with Crippen molar-refractivity contribution < 1.29 is 5.11 Å². The van der Waals surface area contributed by atoms with Crippen LogP contribution < -0.4 is 0 Å². The summed E-state index contributed by atoms with van der Waals surface area (Å²) in [5.74, 6) is 0. The first-order valence-electron chi connectivity index (χ1n) is 3.48. The summed E-state index contributed by atoms with van der Waals surface area (Å²) in [6.07, 6.45) is 4.22. The third-order valence-electron chi connectivity index (χ3n) is 2.06. The van der Waals surface area contributed by atoms with Crippen LogP contribution in [0.25, 0.3) is 0 Å². The smallest absolute Gasteiger partial charge is 0.0769 e. The predicted molar refractivity (Wildman–Crippen MR) is 34.9 cm³/mol. The highest BCUT2D eigenvalue weighted by atomic mass is 16.3. The molecule has 2 heterocycles. The molecule has 1 atom stereocenters. The van der Waals surface area contributed by atoms with E-state index in [9.17, 15) is 0 Å². The van der Waals surface area contributed by atoms with Crippen LogP contribution in [0.2, 0.25) is 0 Å². The van der Waals surface area contributed by atoms with Gasteiger partial charge >= 0.3 is 0 Å². The highest BCUT2D eigenvalue weighted by molar-refractivity contribution is 5.13. The molecule has 2 aliphatic rings. The van der Waals surface area contributed by atoms with Crippen LogP contribution in [0.4, 0.5) is 0 Å². The summed E-state index contributed by atoms with van der Waals surface area (Å²) in [4.78, 5) is 2.27. The van der Waals surface area contributed by atoms with Crippen LogP contribution in [-0.4, -0.2) is 29.2 Å². The highest BCUT2D eigenvalue weighted by Gasteiger charge is 2.26. The van der Waals surface area contributed by atoms with E-state index >= 15 is 0 Å². The van der Waals surface area contributed by atoms with E-state index in [4.69, 9.17) is 5.11 Å². The Morgan fingerprint density at radius 3 is 3.33 bits per heavy atom. The second kappa shape index (κ2) is 1.74. The topological polar surface area (TPSA) is 23.5 Å². The number of aliphatic hydroxyl groups excluding tert-OH is 1. The Labute approximate surface area is 54.8 Å². The Bertz CT molecular complexity index is 153. The van der Waals surface area contributed by atoms with Gasteiger partial charge in [0.15, 0.2) is 0 Å². The summed E-state index contributed by atoms with van der Waals surface area (Å²) in [6, 6.07) is 0. The molecule has 0 aromatic rings. The zero-order chi connectivity index (χ0) is 6.27. The minimum Gasteiger partial charge on any atom is -0.391 e. The van der Waals surface area contributed by atoms with Gasteiger partial charge in [0, 0.05) is 25.2 Å². The van der Waals surface area contributed by atoms with Crippen molar-refractivity contribution >= 4 is 0 Å². The third kappa shape index (κ3) is 0.741. The van der Waals surface area contributed by atoms with Gasteiger partial charge in [0.1, 0.15) is 0 Å². The van der Waals surface area contributed by atoms with E-state index in [1.165, 1.54) is 12.1 Å². The van der Waals surface area contributed by atoms with Crippen LogP contribution in [0, 0.1) is 0 Å². The molecule has 50 valence electrons. The molecular formula is C7H11NO. The molecule has 0 radical (unpaired) electrons. The average molecular weight is 125 g/mol. The van der Waals surface area contributed by atoms with Crippen LogP contribution in [0.15, 0.2) is 11.8 Å². The van der Waals surface area contributed by atoms with E-state index in [-0.39, 0.29) is 6.10 Å². The van der Waals surface area contributed by atoms with E-state index in [0.717, 1.165) is 19.5 Å². The van der Waals surface area contributed by atoms with Crippen LogP contribution in [-0.2, 0) is 0 Å². The van der Waals surface area contributed by atoms with Crippen molar-refractivity contribution in [2.75, 3.05) is 13.1 Å². The summed E-state index contributed by atoms with van der Waals surface area (Å²) < 4.78 is 0. The molecule has 1 fully saturated rings. The van der Waals surface area contributed by atoms with Crippen molar-refractivity contribution in [3.05, 3.63) is 11.8 Å². The molecule has 1 unspecified atom stereocenters. The fraction of sp³-hybridized carbons (Fsp3) is 0.714. The van der Waals surface area contributed by atoms with Gasteiger partial charge in [-0.3, -0.25) is 0 Å². The van der Waals surface area contributed by atoms with Gasteiger partial charge in [-0.25, -0.2) is 0 Å². The lowest BCUT2D eigenvalue weighted by molar-refractivity contribution is 0.178. The van der Waals surface area contributed by atoms with E-state index in [0.29, 0.717) is 0 Å². The quantitative estimate of drug-likeness (QED) is 0.504. The molecule has 0 bridgehead atoms. The molecule has 2 nitrogen and oxygen atoms in total. The zero-order valence-electron chi connectivity index (χ0n) is 5.38. The van der Waals surface area contributed by atoms with Crippen molar-refractivity contribution in [3.63, 3.8) is 0 Å². The van der Waals surface area contributed by atoms with E-state index in [1.807, 2.05) is 0 Å². The van der Waals surface area contributed by atoms with Gasteiger partial charge in [-0.15, -0.1) is 0 Å². The van der Waals surface area contributed by atoms with E-state index in [2.05, 4.69) is 11.0 Å². The Hall–Kier alpha value is -0.500. The Morgan fingerprint density at radius 1 is 1.67 bits per heavy atom. The summed E-state index contributed by atoms with van der Waals surface area (Å²) in [5.41, 5.74) is 1.36. The number of hydrogen-bond donors (Lipinski definition) is 1. The summed E-state index contributed by atoms with van der Waals surface area (Å²) >= 11 is 0. The van der Waals surface area contributed by atoms with Gasteiger partial charge in [-0.1, -0.05) is 6.08 Å². The molecule has 0 amide bonds. The first-order chi connectivity index (χ1) is 4.36. The van der Waals surface area contributed by atoms with Crippen LogP contribution in [0.5, 0.6) is 0 Å². The van der Waals surface area contributed by atoms with Gasteiger partial charge in [-0.2, -0.15) is 0 Å². The van der Waals surface area contributed by atoms with Crippen molar-refractivity contribution in [2.45, 2.75) is 18.9 Å². The molecule has 2 heteroatoms. The maximum atomic E-state index is 9.15. The maximum Gasteiger partial charge on any atom is 0.0769 e. The van der Waals surface area contributed by atoms with Gasteiger partial charge in [-0.05, 0) is 6.42 Å². The fourth-order valence-corrected chi connectivity index (χ4v) is 1.64. The minimum absolute atomic E-state index is 0.0865. The molecule has 9 heavy (non-hydrogen) atoms. The van der Waals surface area contributed by atoms with Gasteiger partial charge < -0.3 is 10.0 Å². The summed E-state index contributed by atoms with van der Waals surface area (Å²) in [6.45, 7) is 2.00. The minimum atomic E-state index is -0.0865. The highest BCUT2D eigenvalue weighted by Crippen LogP contribution is 2.26. The molecule has 0 aliphatic carbocycles. The standard InChI is InChI=1S/C7H11NO/c9-7-4-6-2-1-3-8(6)5-7/h2,7,9H,1,3-5H2. The lowest BCUT2D eigenvalue weighted by atomic mass is 10.2. The molecular weight excluding hydrogens is 114 g/mol. The average Bonchev–Trinajstić information content (AvgIpc) is 2.22. The molecule has 0 aromatic carbocycles. The van der Waals surface area contributed by atoms with Crippen molar-refractivity contribution in [1.29, 1.82) is 0 Å². The molecule has 1 saturated heterocycles. The van der Waals surface area contributed by atoms with Crippen LogP contribution in [0.1, 0.15) is 12.8 Å². The number of aliphatic hydroxyl groups is 1. The molecule has 0 spiro atoms. The van der Waals surface area contributed by atoms with Crippen molar-refractivity contribution in [1.82, 2.24) is 4.90 Å². The van der Waals surface area contributed by atoms with Gasteiger partial charge in [0.25, 0.3) is 0 Å². The van der Waals surface area contributed by atoms with Gasteiger partial charge in [0.2, 0.25) is 0 Å². The van der Waals surface area contributed by atoms with Crippen LogP contribution in [0.3, 0.4) is 0 Å². The third-order valence-corrected chi connectivity index (χ3v) is 2.06. The molecule has 0 aromatic heterocycles. The summed E-state index contributed by atoms with van der Waals surface area (Å²) in [7, 11) is 0. The second-order valence-electron chi connectivity index (χ2n) is 2.79. The Kier molecular flexibility index (Phi) is 1.02. The van der Waals surface area contributed by atoms with Crippen molar-refractivity contribution in [3.8, 4) is 0 Å². The first-order valence-corrected chi connectivity index (χ1v) is 3.48. The van der Waals surface area contributed by atoms with Crippen LogP contribution >= 0.6 is 0 Å². The lowest BCUT2D eigenvalue weighted by Crippen LogP contribution is -2.18. The Morgan fingerprint density at radius 2 is 2.56 bits per heavy atom. The monoisotopic (exact) mass is 125 g/mol. The Balaban J connectivity index is 2.15. The van der Waals surface area contributed by atoms with Gasteiger partial charge in [0.05, 0.1) is 6.10 Å². The van der Waals surface area contributed by atoms with E-state index in [1.54, 1.807) is 0 Å². The van der Waals surface area contributed by atoms with Crippen molar-refractivity contribution in [2.24, 2.45) is 0 Å². The summed E-state index contributed by atoms with van der Waals surface area (Å²) in [5, 5.41) is 9.15. The fourth-order valence-electron chi connectivity index (χ4n) is 1.64. The van der Waals surface area contributed by atoms with E-state index < -0.39 is 0 Å².